The molecule has 0 saturated carbocycles. The highest BCUT2D eigenvalue weighted by molar-refractivity contribution is 7.71. The van der Waals surface area contributed by atoms with Crippen molar-refractivity contribution in [1.82, 2.24) is 9.66 Å². The van der Waals surface area contributed by atoms with Gasteiger partial charge in [-0.05, 0) is 31.5 Å². The Bertz CT molecular complexity index is 295. The van der Waals surface area contributed by atoms with E-state index in [1.54, 1.807) is 0 Å². The van der Waals surface area contributed by atoms with Gasteiger partial charge < -0.3 is 9.99 Å². The lowest BCUT2D eigenvalue weighted by Gasteiger charge is -2.28. The number of nitrogens with zero attached hydrogens (tertiary/aromatic N) is 2. The molecule has 1 fully saturated rings. The number of nitrogens with one attached hydrogen (secondary N) is 1. The number of imidazole rings is 1. The normalized spacial score (nSPS) is 18.2. The summed E-state index contributed by atoms with van der Waals surface area (Å²) in [6.07, 6.45) is 7.80. The molecule has 1 aliphatic rings. The van der Waals surface area contributed by atoms with Gasteiger partial charge in [0, 0.05) is 25.5 Å². The summed E-state index contributed by atoms with van der Waals surface area (Å²) in [5.41, 5.74) is 0. The summed E-state index contributed by atoms with van der Waals surface area (Å²) in [5, 5.41) is 2.29. The second-order valence-electron chi connectivity index (χ2n) is 3.12. The van der Waals surface area contributed by atoms with Gasteiger partial charge in [0.05, 0.1) is 0 Å². The Morgan fingerprint density at radius 3 is 2.58 bits per heavy atom. The minimum atomic E-state index is 0.803. The summed E-state index contributed by atoms with van der Waals surface area (Å²) < 4.78 is 2.84. The van der Waals surface area contributed by atoms with Crippen LogP contribution < -0.4 is 5.01 Å². The lowest BCUT2D eigenvalue weighted by molar-refractivity contribution is 0.475. The largest absolute Gasteiger partial charge is 0.336 e. The molecule has 1 aromatic rings. The summed E-state index contributed by atoms with van der Waals surface area (Å²) in [4.78, 5) is 3.00. The highest BCUT2D eigenvalue weighted by Crippen LogP contribution is 2.07. The van der Waals surface area contributed by atoms with E-state index in [4.69, 9.17) is 12.2 Å². The molecule has 66 valence electrons. The molecule has 0 aromatic carbocycles. The van der Waals surface area contributed by atoms with Crippen molar-refractivity contribution in [3.8, 4) is 0 Å². The zero-order valence-corrected chi connectivity index (χ0v) is 7.81. The van der Waals surface area contributed by atoms with E-state index in [0.717, 1.165) is 17.9 Å². The number of hydrogen-bond donors (Lipinski definition) is 1. The lowest BCUT2D eigenvalue weighted by atomic mass is 10.2. The minimum absolute atomic E-state index is 0.803. The fraction of sp³-hybridized carbons (Fsp3) is 0.625. The van der Waals surface area contributed by atoms with Crippen LogP contribution in [0.15, 0.2) is 12.4 Å². The van der Waals surface area contributed by atoms with Crippen LogP contribution in [0.3, 0.4) is 0 Å². The molecule has 0 radical (unpaired) electrons. The van der Waals surface area contributed by atoms with Gasteiger partial charge in [0.2, 0.25) is 0 Å². The maximum Gasteiger partial charge on any atom is 0.196 e. The maximum absolute atomic E-state index is 5.13. The number of H-pyrrole nitrogens is 1. The van der Waals surface area contributed by atoms with Crippen molar-refractivity contribution in [2.75, 3.05) is 18.1 Å². The Balaban J connectivity index is 2.18. The van der Waals surface area contributed by atoms with Crippen molar-refractivity contribution >= 4 is 12.2 Å². The zero-order valence-electron chi connectivity index (χ0n) is 6.99. The van der Waals surface area contributed by atoms with E-state index < -0.39 is 0 Å². The first-order valence-electron chi connectivity index (χ1n) is 4.39. The number of aromatic amines is 1. The third-order valence-electron chi connectivity index (χ3n) is 2.27. The quantitative estimate of drug-likeness (QED) is 0.670. The highest BCUT2D eigenvalue weighted by Gasteiger charge is 2.09. The maximum atomic E-state index is 5.13. The Morgan fingerprint density at radius 2 is 2.00 bits per heavy atom. The van der Waals surface area contributed by atoms with Crippen LogP contribution in [0.2, 0.25) is 0 Å². The Kier molecular flexibility index (Phi) is 2.17. The van der Waals surface area contributed by atoms with Crippen LogP contribution >= 0.6 is 12.2 Å². The van der Waals surface area contributed by atoms with Crippen molar-refractivity contribution in [3.63, 3.8) is 0 Å². The molecule has 0 spiro atoms. The number of aromatic nitrogens is 2. The van der Waals surface area contributed by atoms with Crippen molar-refractivity contribution in [3.05, 3.63) is 17.2 Å². The van der Waals surface area contributed by atoms with Crippen molar-refractivity contribution < 1.29 is 0 Å². The molecule has 12 heavy (non-hydrogen) atoms. The van der Waals surface area contributed by atoms with E-state index >= 15 is 0 Å². The monoisotopic (exact) mass is 183 g/mol. The lowest BCUT2D eigenvalue weighted by Crippen LogP contribution is -2.38. The van der Waals surface area contributed by atoms with E-state index in [9.17, 15) is 0 Å². The predicted molar refractivity (Wildman–Crippen MR) is 51.4 cm³/mol. The molecular formula is C8H13N3S. The van der Waals surface area contributed by atoms with E-state index in [1.807, 2.05) is 17.1 Å². The van der Waals surface area contributed by atoms with Gasteiger partial charge in [-0.3, -0.25) is 0 Å². The van der Waals surface area contributed by atoms with Crippen LogP contribution in [0.4, 0.5) is 0 Å². The van der Waals surface area contributed by atoms with Crippen LogP contribution in [0.5, 0.6) is 0 Å². The molecular weight excluding hydrogens is 170 g/mol. The molecule has 0 atom stereocenters. The number of rotatable bonds is 1. The van der Waals surface area contributed by atoms with Crippen LogP contribution in [0, 0.1) is 4.77 Å². The topological polar surface area (TPSA) is 24.0 Å². The smallest absolute Gasteiger partial charge is 0.196 e. The van der Waals surface area contributed by atoms with Gasteiger partial charge in [-0.1, -0.05) is 0 Å². The molecule has 2 heterocycles. The van der Waals surface area contributed by atoms with Gasteiger partial charge >= 0.3 is 0 Å². The van der Waals surface area contributed by atoms with Gasteiger partial charge in [-0.15, -0.1) is 0 Å². The molecule has 3 nitrogen and oxygen atoms in total. The van der Waals surface area contributed by atoms with Gasteiger partial charge in [0.1, 0.15) is 0 Å². The first-order valence-corrected chi connectivity index (χ1v) is 4.80. The van der Waals surface area contributed by atoms with Gasteiger partial charge in [0.15, 0.2) is 4.77 Å². The van der Waals surface area contributed by atoms with Crippen LogP contribution in [0.1, 0.15) is 19.3 Å². The fourth-order valence-corrected chi connectivity index (χ4v) is 1.87. The Hall–Kier alpha value is -0.770. The minimum Gasteiger partial charge on any atom is -0.336 e. The second kappa shape index (κ2) is 3.31. The summed E-state index contributed by atoms with van der Waals surface area (Å²) >= 11 is 5.13. The first-order chi connectivity index (χ1) is 5.88. The average molecular weight is 183 g/mol. The molecule has 0 aliphatic carbocycles. The fourth-order valence-electron chi connectivity index (χ4n) is 1.63. The van der Waals surface area contributed by atoms with E-state index in [2.05, 4.69) is 9.99 Å². The third-order valence-corrected chi connectivity index (χ3v) is 2.57. The molecule has 1 aromatic heterocycles. The van der Waals surface area contributed by atoms with Crippen molar-refractivity contribution in [2.24, 2.45) is 0 Å². The van der Waals surface area contributed by atoms with E-state index in [1.165, 1.54) is 19.3 Å². The number of hydrogen-bond acceptors (Lipinski definition) is 2. The average Bonchev–Trinajstić information content (AvgIpc) is 2.53. The molecule has 1 saturated heterocycles. The third kappa shape index (κ3) is 1.39. The molecule has 0 bridgehead atoms. The summed E-state index contributed by atoms with van der Waals surface area (Å²) in [5.74, 6) is 0. The number of piperidine rings is 1. The Morgan fingerprint density at radius 1 is 1.25 bits per heavy atom. The van der Waals surface area contributed by atoms with Gasteiger partial charge in [-0.2, -0.15) is 0 Å². The van der Waals surface area contributed by atoms with Gasteiger partial charge in [-0.25, -0.2) is 4.68 Å². The van der Waals surface area contributed by atoms with E-state index in [0.29, 0.717) is 0 Å². The summed E-state index contributed by atoms with van der Waals surface area (Å²) in [6.45, 7) is 2.26. The molecule has 2 rings (SSSR count). The summed E-state index contributed by atoms with van der Waals surface area (Å²) in [6, 6.07) is 0. The summed E-state index contributed by atoms with van der Waals surface area (Å²) in [7, 11) is 0. The highest BCUT2D eigenvalue weighted by atomic mass is 32.1. The van der Waals surface area contributed by atoms with E-state index in [-0.39, 0.29) is 0 Å². The SMILES string of the molecule is S=c1[nH]ccn1N1CCCCC1. The Labute approximate surface area is 77.0 Å². The van der Waals surface area contributed by atoms with Crippen LogP contribution in [-0.4, -0.2) is 22.7 Å². The standard InChI is InChI=1S/C8H13N3S/c12-8-9-4-7-11(8)10-5-2-1-3-6-10/h4,7H,1-3,5-6H2,(H,9,12). The van der Waals surface area contributed by atoms with Crippen molar-refractivity contribution in [2.45, 2.75) is 19.3 Å². The van der Waals surface area contributed by atoms with Crippen LogP contribution in [0.25, 0.3) is 0 Å². The van der Waals surface area contributed by atoms with Crippen LogP contribution in [-0.2, 0) is 0 Å². The molecule has 0 unspecified atom stereocenters. The molecule has 4 heteroatoms. The van der Waals surface area contributed by atoms with Crippen molar-refractivity contribution in [1.29, 1.82) is 0 Å². The first kappa shape index (κ1) is 7.86. The zero-order chi connectivity index (χ0) is 8.39. The predicted octanol–water partition coefficient (Wildman–Crippen LogP) is 1.67. The molecule has 1 aliphatic heterocycles. The molecule has 1 N–H and O–H groups in total. The van der Waals surface area contributed by atoms with Gasteiger partial charge in [0.25, 0.3) is 0 Å². The second-order valence-corrected chi connectivity index (χ2v) is 3.51. The molecule has 0 amide bonds.